The quantitative estimate of drug-likeness (QED) is 0.878. The average Bonchev–Trinajstić information content (AvgIpc) is 2.53. The van der Waals surface area contributed by atoms with Crippen molar-refractivity contribution in [2.75, 3.05) is 26.2 Å². The Kier molecular flexibility index (Phi) is 2.46. The van der Waals surface area contributed by atoms with Crippen LogP contribution in [0.4, 0.5) is 13.2 Å². The van der Waals surface area contributed by atoms with Crippen molar-refractivity contribution in [2.24, 2.45) is 5.41 Å². The molecule has 2 aliphatic heterocycles. The molecule has 1 aromatic rings. The highest BCUT2D eigenvalue weighted by atomic mass is 32.1. The van der Waals surface area contributed by atoms with E-state index < -0.39 is 11.7 Å². The Morgan fingerprint density at radius 3 is 2.65 bits per heavy atom. The summed E-state index contributed by atoms with van der Waals surface area (Å²) in [6.07, 6.45) is -3.34. The van der Waals surface area contributed by atoms with Gasteiger partial charge in [-0.25, -0.2) is 4.37 Å². The van der Waals surface area contributed by atoms with E-state index in [2.05, 4.69) is 14.6 Å². The summed E-state index contributed by atoms with van der Waals surface area (Å²) in [5.74, 6) is 0. The standard InChI is InChI=1S/C10H12F3N3S/c11-10(12,13)7-1-15-17-8(7)2-16-5-9(6-16)3-14-4-9/h1,14H,2-6H2. The molecule has 2 aliphatic rings. The molecule has 0 aliphatic carbocycles. The molecule has 0 radical (unpaired) electrons. The molecule has 17 heavy (non-hydrogen) atoms. The van der Waals surface area contributed by atoms with Crippen LogP contribution in [-0.4, -0.2) is 35.5 Å². The lowest BCUT2D eigenvalue weighted by atomic mass is 9.74. The molecule has 0 atom stereocenters. The number of nitrogens with one attached hydrogen (secondary N) is 1. The maximum absolute atomic E-state index is 12.6. The van der Waals surface area contributed by atoms with E-state index in [1.807, 2.05) is 0 Å². The van der Waals surface area contributed by atoms with Gasteiger partial charge in [-0.2, -0.15) is 13.2 Å². The predicted molar refractivity (Wildman–Crippen MR) is 57.7 cm³/mol. The first-order valence-corrected chi connectivity index (χ1v) is 6.20. The summed E-state index contributed by atoms with van der Waals surface area (Å²) in [7, 11) is 0. The largest absolute Gasteiger partial charge is 0.419 e. The van der Waals surface area contributed by atoms with Crippen LogP contribution < -0.4 is 5.32 Å². The van der Waals surface area contributed by atoms with Crippen LogP contribution >= 0.6 is 11.5 Å². The fraction of sp³-hybridized carbons (Fsp3) is 0.700. The highest BCUT2D eigenvalue weighted by Crippen LogP contribution is 2.38. The van der Waals surface area contributed by atoms with Gasteiger partial charge < -0.3 is 5.32 Å². The zero-order chi connectivity index (χ0) is 12.1. The van der Waals surface area contributed by atoms with Gasteiger partial charge in [0.15, 0.2) is 0 Å². The van der Waals surface area contributed by atoms with Crippen LogP contribution in [0.1, 0.15) is 10.4 Å². The highest BCUT2D eigenvalue weighted by Gasteiger charge is 2.47. The summed E-state index contributed by atoms with van der Waals surface area (Å²) in [5, 5.41) is 3.20. The molecule has 3 rings (SSSR count). The monoisotopic (exact) mass is 263 g/mol. The van der Waals surface area contributed by atoms with E-state index in [9.17, 15) is 13.2 Å². The summed E-state index contributed by atoms with van der Waals surface area (Å²) < 4.78 is 41.5. The molecule has 3 nitrogen and oxygen atoms in total. The number of hydrogen-bond acceptors (Lipinski definition) is 4. The number of halogens is 3. The molecular formula is C10H12F3N3S. The first-order chi connectivity index (χ1) is 7.99. The molecule has 94 valence electrons. The highest BCUT2D eigenvalue weighted by molar-refractivity contribution is 7.05. The Balaban J connectivity index is 1.64. The topological polar surface area (TPSA) is 28.2 Å². The lowest BCUT2D eigenvalue weighted by Gasteiger charge is -2.56. The van der Waals surface area contributed by atoms with Crippen LogP contribution in [0, 0.1) is 5.41 Å². The van der Waals surface area contributed by atoms with E-state index in [4.69, 9.17) is 0 Å². The third-order valence-corrected chi connectivity index (χ3v) is 4.22. The molecule has 0 saturated carbocycles. The molecule has 0 bridgehead atoms. The Labute approximate surface area is 101 Å². The number of aromatic nitrogens is 1. The SMILES string of the molecule is FC(F)(F)c1cnsc1CN1CC2(CNC2)C1. The summed E-state index contributed by atoms with van der Waals surface area (Å²) in [6, 6.07) is 0. The van der Waals surface area contributed by atoms with Crippen molar-refractivity contribution in [1.29, 1.82) is 0 Å². The van der Waals surface area contributed by atoms with Crippen LogP contribution in [0.3, 0.4) is 0 Å². The van der Waals surface area contributed by atoms with Crippen molar-refractivity contribution in [2.45, 2.75) is 12.7 Å². The van der Waals surface area contributed by atoms with Gasteiger partial charge in [-0.3, -0.25) is 4.90 Å². The third kappa shape index (κ3) is 1.96. The molecule has 2 fully saturated rings. The van der Waals surface area contributed by atoms with Crippen LogP contribution in [-0.2, 0) is 12.7 Å². The smallest absolute Gasteiger partial charge is 0.315 e. The van der Waals surface area contributed by atoms with Gasteiger partial charge in [-0.1, -0.05) is 0 Å². The van der Waals surface area contributed by atoms with Crippen LogP contribution in [0.2, 0.25) is 0 Å². The molecule has 0 aromatic carbocycles. The van der Waals surface area contributed by atoms with E-state index >= 15 is 0 Å². The molecular weight excluding hydrogens is 251 g/mol. The number of alkyl halides is 3. The second-order valence-electron chi connectivity index (χ2n) is 4.91. The zero-order valence-corrected chi connectivity index (χ0v) is 9.87. The van der Waals surface area contributed by atoms with Gasteiger partial charge in [-0.05, 0) is 11.5 Å². The van der Waals surface area contributed by atoms with Crippen molar-refractivity contribution in [3.8, 4) is 0 Å². The number of rotatable bonds is 2. The van der Waals surface area contributed by atoms with E-state index in [1.165, 1.54) is 0 Å². The van der Waals surface area contributed by atoms with Crippen molar-refractivity contribution < 1.29 is 13.2 Å². The minimum Gasteiger partial charge on any atom is -0.315 e. The minimum atomic E-state index is -4.27. The van der Waals surface area contributed by atoms with Gasteiger partial charge in [0.25, 0.3) is 0 Å². The second kappa shape index (κ2) is 3.66. The molecule has 2 saturated heterocycles. The molecule has 0 unspecified atom stereocenters. The molecule has 1 N–H and O–H groups in total. The molecule has 0 amide bonds. The number of hydrogen-bond donors (Lipinski definition) is 1. The molecule has 1 aromatic heterocycles. The van der Waals surface area contributed by atoms with Crippen molar-refractivity contribution >= 4 is 11.5 Å². The Hall–Kier alpha value is -0.660. The van der Waals surface area contributed by atoms with E-state index in [-0.39, 0.29) is 0 Å². The average molecular weight is 263 g/mol. The summed E-state index contributed by atoms with van der Waals surface area (Å²) in [4.78, 5) is 2.39. The Bertz CT molecular complexity index is 417. The van der Waals surface area contributed by atoms with Crippen LogP contribution in [0.25, 0.3) is 0 Å². The van der Waals surface area contributed by atoms with Gasteiger partial charge in [-0.15, -0.1) is 0 Å². The van der Waals surface area contributed by atoms with E-state index in [1.54, 1.807) is 0 Å². The van der Waals surface area contributed by atoms with Gasteiger partial charge in [0.1, 0.15) is 0 Å². The summed E-state index contributed by atoms with van der Waals surface area (Å²) >= 11 is 0.952. The first kappa shape index (κ1) is 11.4. The molecule has 3 heterocycles. The van der Waals surface area contributed by atoms with E-state index in [0.29, 0.717) is 16.8 Å². The van der Waals surface area contributed by atoms with Crippen molar-refractivity contribution in [1.82, 2.24) is 14.6 Å². The molecule has 1 spiro atoms. The number of nitrogens with zero attached hydrogens (tertiary/aromatic N) is 2. The second-order valence-corrected chi connectivity index (χ2v) is 5.80. The van der Waals surface area contributed by atoms with Crippen LogP contribution in [0.15, 0.2) is 6.20 Å². The maximum atomic E-state index is 12.6. The third-order valence-electron chi connectivity index (χ3n) is 3.44. The summed E-state index contributed by atoms with van der Waals surface area (Å²) in [6.45, 7) is 4.17. The first-order valence-electron chi connectivity index (χ1n) is 5.42. The van der Waals surface area contributed by atoms with Gasteiger partial charge in [0.2, 0.25) is 0 Å². The van der Waals surface area contributed by atoms with Crippen LogP contribution in [0.5, 0.6) is 0 Å². The normalized spacial score (nSPS) is 23.5. The van der Waals surface area contributed by atoms with Crippen molar-refractivity contribution in [3.05, 3.63) is 16.6 Å². The van der Waals surface area contributed by atoms with Gasteiger partial charge in [0.05, 0.1) is 16.6 Å². The zero-order valence-electron chi connectivity index (χ0n) is 9.05. The van der Waals surface area contributed by atoms with Gasteiger partial charge in [0, 0.05) is 38.1 Å². The van der Waals surface area contributed by atoms with Gasteiger partial charge >= 0.3 is 6.18 Å². The van der Waals surface area contributed by atoms with Crippen molar-refractivity contribution in [3.63, 3.8) is 0 Å². The number of likely N-dealkylation sites (tertiary alicyclic amines) is 1. The minimum absolute atomic E-state index is 0.333. The lowest BCUT2D eigenvalue weighted by Crippen LogP contribution is -2.70. The molecule has 7 heteroatoms. The Morgan fingerprint density at radius 1 is 1.41 bits per heavy atom. The maximum Gasteiger partial charge on any atom is 0.419 e. The van der Waals surface area contributed by atoms with E-state index in [0.717, 1.165) is 43.9 Å². The fourth-order valence-electron chi connectivity index (χ4n) is 2.53. The fourth-order valence-corrected chi connectivity index (χ4v) is 3.32. The lowest BCUT2D eigenvalue weighted by molar-refractivity contribution is -0.138. The Morgan fingerprint density at radius 2 is 2.12 bits per heavy atom. The predicted octanol–water partition coefficient (Wildman–Crippen LogP) is 1.57. The summed E-state index contributed by atoms with van der Waals surface area (Å²) in [5.41, 5.74) is -0.224.